The maximum atomic E-state index is 10.9. The molecule has 4 heteroatoms. The third-order valence-electron chi connectivity index (χ3n) is 1.80. The lowest BCUT2D eigenvalue weighted by Crippen LogP contribution is -2.26. The largest absolute Gasteiger partial charge is 0.468 e. The van der Waals surface area contributed by atoms with E-state index in [4.69, 9.17) is 0 Å². The molecule has 0 spiro atoms. The lowest BCUT2D eigenvalue weighted by atomic mass is 10.3. The molecule has 0 N–H and O–H groups in total. The summed E-state index contributed by atoms with van der Waals surface area (Å²) in [4.78, 5) is 16.8. The standard InChI is InChI=1S/C10H14N2O2/c1-12(8-10(13)14-2)7-9-4-3-5-11-6-9/h3-6H,7-8H2,1-2H3. The number of esters is 1. The number of hydrogen-bond acceptors (Lipinski definition) is 4. The molecule has 1 rings (SSSR count). The van der Waals surface area contributed by atoms with E-state index in [1.807, 2.05) is 24.1 Å². The molecule has 0 atom stereocenters. The first kappa shape index (κ1) is 10.7. The van der Waals surface area contributed by atoms with Gasteiger partial charge in [-0.05, 0) is 18.7 Å². The first-order valence-corrected chi connectivity index (χ1v) is 4.36. The van der Waals surface area contributed by atoms with Crippen LogP contribution in [0.25, 0.3) is 0 Å². The predicted molar refractivity (Wildman–Crippen MR) is 52.6 cm³/mol. The minimum atomic E-state index is -0.226. The Hall–Kier alpha value is -1.42. The minimum absolute atomic E-state index is 0.226. The number of rotatable bonds is 4. The number of methoxy groups -OCH3 is 1. The van der Waals surface area contributed by atoms with Crippen molar-refractivity contribution in [2.24, 2.45) is 0 Å². The second kappa shape index (κ2) is 5.34. The zero-order valence-electron chi connectivity index (χ0n) is 8.43. The average Bonchev–Trinajstić information content (AvgIpc) is 2.19. The molecule has 0 aliphatic rings. The van der Waals surface area contributed by atoms with Crippen LogP contribution < -0.4 is 0 Å². The fraction of sp³-hybridized carbons (Fsp3) is 0.400. The van der Waals surface area contributed by atoms with Gasteiger partial charge in [0.1, 0.15) is 0 Å². The van der Waals surface area contributed by atoms with E-state index >= 15 is 0 Å². The molecule has 1 heterocycles. The van der Waals surface area contributed by atoms with Crippen molar-refractivity contribution in [3.05, 3.63) is 30.1 Å². The molecule has 0 aliphatic heterocycles. The maximum Gasteiger partial charge on any atom is 0.319 e. The number of pyridine rings is 1. The van der Waals surface area contributed by atoms with E-state index in [1.54, 1.807) is 12.4 Å². The Balaban J connectivity index is 2.41. The lowest BCUT2D eigenvalue weighted by molar-refractivity contribution is -0.141. The molecule has 0 saturated carbocycles. The first-order valence-electron chi connectivity index (χ1n) is 4.36. The monoisotopic (exact) mass is 194 g/mol. The molecule has 0 amide bonds. The van der Waals surface area contributed by atoms with E-state index in [2.05, 4.69) is 9.72 Å². The fourth-order valence-electron chi connectivity index (χ4n) is 1.14. The molecular weight excluding hydrogens is 180 g/mol. The summed E-state index contributed by atoms with van der Waals surface area (Å²) in [6, 6.07) is 3.85. The molecule has 0 fully saturated rings. The quantitative estimate of drug-likeness (QED) is 0.661. The second-order valence-electron chi connectivity index (χ2n) is 3.11. The van der Waals surface area contributed by atoms with Gasteiger partial charge in [-0.15, -0.1) is 0 Å². The van der Waals surface area contributed by atoms with Crippen molar-refractivity contribution in [1.29, 1.82) is 0 Å². The van der Waals surface area contributed by atoms with Crippen molar-refractivity contribution >= 4 is 5.97 Å². The number of nitrogens with zero attached hydrogens (tertiary/aromatic N) is 2. The van der Waals surface area contributed by atoms with Gasteiger partial charge in [-0.3, -0.25) is 14.7 Å². The van der Waals surface area contributed by atoms with Crippen molar-refractivity contribution in [1.82, 2.24) is 9.88 Å². The highest BCUT2D eigenvalue weighted by atomic mass is 16.5. The van der Waals surface area contributed by atoms with Crippen molar-refractivity contribution in [2.75, 3.05) is 20.7 Å². The van der Waals surface area contributed by atoms with Crippen molar-refractivity contribution < 1.29 is 9.53 Å². The van der Waals surface area contributed by atoms with Gasteiger partial charge in [-0.1, -0.05) is 6.07 Å². The van der Waals surface area contributed by atoms with Crippen LogP contribution in [0.15, 0.2) is 24.5 Å². The van der Waals surface area contributed by atoms with Crippen LogP contribution in [0.2, 0.25) is 0 Å². The number of ether oxygens (including phenoxy) is 1. The summed E-state index contributed by atoms with van der Waals surface area (Å²) in [6.45, 7) is 0.994. The first-order chi connectivity index (χ1) is 6.72. The Morgan fingerprint density at radius 3 is 3.00 bits per heavy atom. The fourth-order valence-corrected chi connectivity index (χ4v) is 1.14. The smallest absolute Gasteiger partial charge is 0.319 e. The number of carbonyl (C=O) groups excluding carboxylic acids is 1. The third kappa shape index (κ3) is 3.53. The van der Waals surface area contributed by atoms with Gasteiger partial charge in [0.15, 0.2) is 0 Å². The molecule has 4 nitrogen and oxygen atoms in total. The van der Waals surface area contributed by atoms with E-state index in [0.717, 1.165) is 5.56 Å². The van der Waals surface area contributed by atoms with Gasteiger partial charge in [0.25, 0.3) is 0 Å². The van der Waals surface area contributed by atoms with E-state index < -0.39 is 0 Å². The lowest BCUT2D eigenvalue weighted by Gasteiger charge is -2.14. The zero-order chi connectivity index (χ0) is 10.4. The Morgan fingerprint density at radius 1 is 1.64 bits per heavy atom. The predicted octanol–water partition coefficient (Wildman–Crippen LogP) is 0.686. The molecule has 0 aliphatic carbocycles. The Morgan fingerprint density at radius 2 is 2.43 bits per heavy atom. The summed E-state index contributed by atoms with van der Waals surface area (Å²) in [7, 11) is 3.25. The summed E-state index contributed by atoms with van der Waals surface area (Å²) < 4.78 is 4.56. The number of carbonyl (C=O) groups is 1. The van der Waals surface area contributed by atoms with Crippen LogP contribution in [0.5, 0.6) is 0 Å². The maximum absolute atomic E-state index is 10.9. The van der Waals surface area contributed by atoms with Gasteiger partial charge < -0.3 is 4.74 Å². The molecule has 14 heavy (non-hydrogen) atoms. The molecule has 0 radical (unpaired) electrons. The zero-order valence-corrected chi connectivity index (χ0v) is 8.43. The van der Waals surface area contributed by atoms with E-state index in [1.165, 1.54) is 7.11 Å². The molecule has 0 unspecified atom stereocenters. The van der Waals surface area contributed by atoms with Crippen LogP contribution in [0.4, 0.5) is 0 Å². The number of aromatic nitrogens is 1. The van der Waals surface area contributed by atoms with Crippen LogP contribution in [0, 0.1) is 0 Å². The summed E-state index contributed by atoms with van der Waals surface area (Å²) >= 11 is 0. The molecular formula is C10H14N2O2. The summed E-state index contributed by atoms with van der Waals surface area (Å²) in [5, 5.41) is 0. The molecule has 76 valence electrons. The number of hydrogen-bond donors (Lipinski definition) is 0. The van der Waals surface area contributed by atoms with Crippen LogP contribution >= 0.6 is 0 Å². The van der Waals surface area contributed by atoms with Gasteiger partial charge in [0, 0.05) is 18.9 Å². The summed E-state index contributed by atoms with van der Waals surface area (Å²) in [5.74, 6) is -0.226. The SMILES string of the molecule is COC(=O)CN(C)Cc1cccnc1. The second-order valence-corrected chi connectivity index (χ2v) is 3.11. The van der Waals surface area contributed by atoms with Crippen molar-refractivity contribution in [3.8, 4) is 0 Å². The molecule has 0 saturated heterocycles. The Bertz CT molecular complexity index is 287. The normalized spacial score (nSPS) is 10.2. The van der Waals surface area contributed by atoms with Crippen LogP contribution in [0.3, 0.4) is 0 Å². The van der Waals surface area contributed by atoms with Crippen molar-refractivity contribution in [2.45, 2.75) is 6.54 Å². The molecule has 0 aromatic carbocycles. The van der Waals surface area contributed by atoms with Gasteiger partial charge in [-0.2, -0.15) is 0 Å². The van der Waals surface area contributed by atoms with Crippen LogP contribution in [-0.2, 0) is 16.1 Å². The topological polar surface area (TPSA) is 42.4 Å². The van der Waals surface area contributed by atoms with Gasteiger partial charge in [0.2, 0.25) is 0 Å². The summed E-state index contributed by atoms with van der Waals surface area (Å²) in [5.41, 5.74) is 1.08. The Kier molecular flexibility index (Phi) is 4.07. The molecule has 0 bridgehead atoms. The third-order valence-corrected chi connectivity index (χ3v) is 1.80. The Labute approximate surface area is 83.5 Å². The van der Waals surface area contributed by atoms with Gasteiger partial charge in [0.05, 0.1) is 13.7 Å². The minimum Gasteiger partial charge on any atom is -0.468 e. The number of likely N-dealkylation sites (N-methyl/N-ethyl adjacent to an activating group) is 1. The summed E-state index contributed by atoms with van der Waals surface area (Å²) in [6.07, 6.45) is 3.51. The molecule has 1 aromatic rings. The van der Waals surface area contributed by atoms with Crippen LogP contribution in [-0.4, -0.2) is 36.6 Å². The van der Waals surface area contributed by atoms with Gasteiger partial charge >= 0.3 is 5.97 Å². The average molecular weight is 194 g/mol. The molecule has 1 aromatic heterocycles. The van der Waals surface area contributed by atoms with E-state index in [-0.39, 0.29) is 5.97 Å². The highest BCUT2D eigenvalue weighted by molar-refractivity contribution is 5.71. The van der Waals surface area contributed by atoms with E-state index in [0.29, 0.717) is 13.1 Å². The van der Waals surface area contributed by atoms with Crippen LogP contribution in [0.1, 0.15) is 5.56 Å². The van der Waals surface area contributed by atoms with E-state index in [9.17, 15) is 4.79 Å². The van der Waals surface area contributed by atoms with Crippen molar-refractivity contribution in [3.63, 3.8) is 0 Å². The highest BCUT2D eigenvalue weighted by Gasteiger charge is 2.06. The highest BCUT2D eigenvalue weighted by Crippen LogP contribution is 2.00. The van der Waals surface area contributed by atoms with Gasteiger partial charge in [-0.25, -0.2) is 0 Å².